The molecule has 0 heterocycles. The van der Waals surface area contributed by atoms with Gasteiger partial charge in [-0.05, 0) is 49.2 Å². The number of aryl methyl sites for hydroxylation is 2. The van der Waals surface area contributed by atoms with Crippen molar-refractivity contribution in [2.75, 3.05) is 12.4 Å². The van der Waals surface area contributed by atoms with E-state index in [4.69, 9.17) is 16.3 Å². The van der Waals surface area contributed by atoms with Gasteiger partial charge in [-0.25, -0.2) is 0 Å². The van der Waals surface area contributed by atoms with E-state index in [1.807, 2.05) is 26.0 Å². The van der Waals surface area contributed by atoms with E-state index >= 15 is 0 Å². The van der Waals surface area contributed by atoms with E-state index in [0.717, 1.165) is 15.6 Å². The lowest BCUT2D eigenvalue weighted by Crippen LogP contribution is -2.13. The van der Waals surface area contributed by atoms with Crippen LogP contribution in [0, 0.1) is 13.8 Å². The molecule has 0 fully saturated rings. The third-order valence-corrected chi connectivity index (χ3v) is 4.45. The van der Waals surface area contributed by atoms with Crippen LogP contribution in [0.2, 0.25) is 5.02 Å². The van der Waals surface area contributed by atoms with Crippen molar-refractivity contribution < 1.29 is 9.53 Å². The van der Waals surface area contributed by atoms with Crippen molar-refractivity contribution in [1.82, 2.24) is 0 Å². The molecule has 0 aliphatic carbocycles. The van der Waals surface area contributed by atoms with E-state index in [1.165, 1.54) is 0 Å². The number of methoxy groups -OCH3 is 1. The van der Waals surface area contributed by atoms with Crippen LogP contribution < -0.4 is 10.1 Å². The molecule has 3 nitrogen and oxygen atoms in total. The lowest BCUT2D eigenvalue weighted by molar-refractivity contribution is 0.102. The van der Waals surface area contributed by atoms with E-state index in [2.05, 4.69) is 21.2 Å². The van der Waals surface area contributed by atoms with Crippen LogP contribution in [0.1, 0.15) is 21.5 Å². The molecule has 0 saturated heterocycles. The number of nitrogens with one attached hydrogen (secondary N) is 1. The topological polar surface area (TPSA) is 38.3 Å². The van der Waals surface area contributed by atoms with Crippen molar-refractivity contribution in [2.24, 2.45) is 0 Å². The summed E-state index contributed by atoms with van der Waals surface area (Å²) >= 11 is 9.48. The number of hydrogen-bond donors (Lipinski definition) is 1. The number of halogens is 2. The summed E-state index contributed by atoms with van der Waals surface area (Å²) in [5.74, 6) is 0.346. The van der Waals surface area contributed by atoms with Gasteiger partial charge in [-0.3, -0.25) is 4.79 Å². The fourth-order valence-corrected chi connectivity index (χ4v) is 2.31. The molecule has 0 atom stereocenters. The standard InChI is InChI=1S/C16H15BrClNO2/c1-9-6-11(4-5-12(9)17)16(20)19-14-7-10(2)13(18)8-15(14)21-3/h4-8H,1-3H3,(H,19,20). The largest absolute Gasteiger partial charge is 0.495 e. The maximum atomic E-state index is 12.3. The number of anilines is 1. The van der Waals surface area contributed by atoms with Crippen LogP contribution in [0.4, 0.5) is 5.69 Å². The fourth-order valence-electron chi connectivity index (χ4n) is 1.91. The Morgan fingerprint density at radius 2 is 1.90 bits per heavy atom. The van der Waals surface area contributed by atoms with Gasteiger partial charge in [0.1, 0.15) is 5.75 Å². The first-order chi connectivity index (χ1) is 9.92. The van der Waals surface area contributed by atoms with Crippen molar-refractivity contribution in [3.8, 4) is 5.75 Å². The van der Waals surface area contributed by atoms with Gasteiger partial charge in [0.05, 0.1) is 12.8 Å². The summed E-state index contributed by atoms with van der Waals surface area (Å²) in [5, 5.41) is 3.46. The molecule has 1 amide bonds. The maximum Gasteiger partial charge on any atom is 0.255 e. The Labute approximate surface area is 137 Å². The number of rotatable bonds is 3. The lowest BCUT2D eigenvalue weighted by atomic mass is 10.1. The van der Waals surface area contributed by atoms with E-state index in [9.17, 15) is 4.79 Å². The van der Waals surface area contributed by atoms with Crippen LogP contribution in [-0.4, -0.2) is 13.0 Å². The van der Waals surface area contributed by atoms with Gasteiger partial charge in [0.25, 0.3) is 5.91 Å². The highest BCUT2D eigenvalue weighted by molar-refractivity contribution is 9.10. The highest BCUT2D eigenvalue weighted by Crippen LogP contribution is 2.31. The minimum atomic E-state index is -0.189. The molecule has 2 rings (SSSR count). The first-order valence-corrected chi connectivity index (χ1v) is 7.51. The number of carbonyl (C=O) groups is 1. The Morgan fingerprint density at radius 3 is 2.52 bits per heavy atom. The Morgan fingerprint density at radius 1 is 1.19 bits per heavy atom. The van der Waals surface area contributed by atoms with Crippen molar-refractivity contribution in [3.05, 3.63) is 56.5 Å². The van der Waals surface area contributed by atoms with Crippen LogP contribution in [0.3, 0.4) is 0 Å². The molecule has 0 aromatic heterocycles. The molecule has 0 aliphatic heterocycles. The maximum absolute atomic E-state index is 12.3. The second kappa shape index (κ2) is 6.50. The molecule has 2 aromatic rings. The van der Waals surface area contributed by atoms with Crippen LogP contribution >= 0.6 is 27.5 Å². The molecule has 0 radical (unpaired) electrons. The molecular formula is C16H15BrClNO2. The molecule has 1 N–H and O–H groups in total. The third kappa shape index (κ3) is 3.57. The van der Waals surface area contributed by atoms with Crippen LogP contribution in [0.5, 0.6) is 5.75 Å². The van der Waals surface area contributed by atoms with Gasteiger partial charge in [0, 0.05) is 21.1 Å². The average Bonchev–Trinajstić information content (AvgIpc) is 2.45. The summed E-state index contributed by atoms with van der Waals surface area (Å²) in [4.78, 5) is 12.3. The van der Waals surface area contributed by atoms with Gasteiger partial charge in [0.15, 0.2) is 0 Å². The lowest BCUT2D eigenvalue weighted by Gasteiger charge is -2.12. The number of amides is 1. The highest BCUT2D eigenvalue weighted by Gasteiger charge is 2.12. The van der Waals surface area contributed by atoms with Gasteiger partial charge in [0.2, 0.25) is 0 Å². The van der Waals surface area contributed by atoms with Crippen molar-refractivity contribution in [3.63, 3.8) is 0 Å². The predicted octanol–water partition coefficient (Wildman–Crippen LogP) is 4.98. The second-order valence-electron chi connectivity index (χ2n) is 4.72. The van der Waals surface area contributed by atoms with E-state index < -0.39 is 0 Å². The van der Waals surface area contributed by atoms with Gasteiger partial charge >= 0.3 is 0 Å². The van der Waals surface area contributed by atoms with Crippen molar-refractivity contribution in [2.45, 2.75) is 13.8 Å². The van der Waals surface area contributed by atoms with Gasteiger partial charge in [-0.15, -0.1) is 0 Å². The molecule has 0 saturated carbocycles. The molecule has 0 aliphatic rings. The summed E-state index contributed by atoms with van der Waals surface area (Å²) in [5.41, 5.74) is 3.07. The SMILES string of the molecule is COc1cc(Cl)c(C)cc1NC(=O)c1ccc(Br)c(C)c1. The summed E-state index contributed by atoms with van der Waals surface area (Å²) in [6.07, 6.45) is 0. The summed E-state index contributed by atoms with van der Waals surface area (Å²) in [7, 11) is 1.54. The third-order valence-electron chi connectivity index (χ3n) is 3.15. The summed E-state index contributed by atoms with van der Waals surface area (Å²) in [6, 6.07) is 8.94. The minimum Gasteiger partial charge on any atom is -0.495 e. The fraction of sp³-hybridized carbons (Fsp3) is 0.188. The zero-order valence-electron chi connectivity index (χ0n) is 12.0. The molecular weight excluding hydrogens is 354 g/mol. The Hall–Kier alpha value is -1.52. The minimum absolute atomic E-state index is 0.189. The first-order valence-electron chi connectivity index (χ1n) is 6.34. The zero-order valence-corrected chi connectivity index (χ0v) is 14.3. The van der Waals surface area contributed by atoms with E-state index in [1.54, 1.807) is 25.3 Å². The predicted molar refractivity (Wildman–Crippen MR) is 89.6 cm³/mol. The van der Waals surface area contributed by atoms with Crippen LogP contribution in [0.15, 0.2) is 34.8 Å². The Bertz CT molecular complexity index is 701. The van der Waals surface area contributed by atoms with Gasteiger partial charge in [-0.1, -0.05) is 27.5 Å². The molecule has 110 valence electrons. The molecule has 2 aromatic carbocycles. The van der Waals surface area contributed by atoms with Gasteiger partial charge in [-0.2, -0.15) is 0 Å². The number of ether oxygens (including phenoxy) is 1. The quantitative estimate of drug-likeness (QED) is 0.829. The number of hydrogen-bond acceptors (Lipinski definition) is 2. The summed E-state index contributed by atoms with van der Waals surface area (Å²) in [6.45, 7) is 3.81. The number of carbonyl (C=O) groups excluding carboxylic acids is 1. The molecule has 5 heteroatoms. The smallest absolute Gasteiger partial charge is 0.255 e. The van der Waals surface area contributed by atoms with Crippen LogP contribution in [0.25, 0.3) is 0 Å². The molecule has 0 unspecified atom stereocenters. The van der Waals surface area contributed by atoms with E-state index in [0.29, 0.717) is 22.0 Å². The normalized spacial score (nSPS) is 10.3. The van der Waals surface area contributed by atoms with Crippen molar-refractivity contribution >= 4 is 39.1 Å². The average molecular weight is 369 g/mol. The monoisotopic (exact) mass is 367 g/mol. The Kier molecular flexibility index (Phi) is 4.91. The molecule has 0 bridgehead atoms. The summed E-state index contributed by atoms with van der Waals surface area (Å²) < 4.78 is 6.23. The van der Waals surface area contributed by atoms with Gasteiger partial charge < -0.3 is 10.1 Å². The molecule has 21 heavy (non-hydrogen) atoms. The van der Waals surface area contributed by atoms with E-state index in [-0.39, 0.29) is 5.91 Å². The zero-order chi connectivity index (χ0) is 15.6. The highest BCUT2D eigenvalue weighted by atomic mass is 79.9. The van der Waals surface area contributed by atoms with Crippen molar-refractivity contribution in [1.29, 1.82) is 0 Å². The Balaban J connectivity index is 2.31. The molecule has 0 spiro atoms. The van der Waals surface area contributed by atoms with Crippen LogP contribution in [-0.2, 0) is 0 Å². The number of benzene rings is 2. The first kappa shape index (κ1) is 15.9. The second-order valence-corrected chi connectivity index (χ2v) is 5.98.